The number of aromatic nitrogens is 4. The molecule has 1 aliphatic carbocycles. The van der Waals surface area contributed by atoms with Crippen LogP contribution in [0.1, 0.15) is 81.9 Å². The Kier molecular flexibility index (Phi) is 10.4. The molecular formula is C31H42N6O7. The van der Waals surface area contributed by atoms with Crippen LogP contribution in [0.25, 0.3) is 5.69 Å². The molecule has 0 bridgehead atoms. The van der Waals surface area contributed by atoms with Gasteiger partial charge >= 0.3 is 6.09 Å². The third-order valence-corrected chi connectivity index (χ3v) is 7.56. The van der Waals surface area contributed by atoms with E-state index in [1.54, 1.807) is 24.2 Å². The van der Waals surface area contributed by atoms with Crippen molar-refractivity contribution >= 4 is 17.8 Å². The number of benzene rings is 1. The van der Waals surface area contributed by atoms with Gasteiger partial charge in [-0.2, -0.15) is 10.2 Å². The lowest BCUT2D eigenvalue weighted by Crippen LogP contribution is -2.33. The number of aromatic amines is 1. The number of rotatable bonds is 13. The van der Waals surface area contributed by atoms with E-state index < -0.39 is 12.4 Å². The monoisotopic (exact) mass is 610 g/mol. The molecule has 1 unspecified atom stereocenters. The molecule has 3 heterocycles. The van der Waals surface area contributed by atoms with Crippen LogP contribution >= 0.6 is 0 Å². The van der Waals surface area contributed by atoms with Gasteiger partial charge in [-0.15, -0.1) is 0 Å². The van der Waals surface area contributed by atoms with Crippen molar-refractivity contribution in [2.45, 2.75) is 83.6 Å². The Hall–Kier alpha value is -4.10. The first-order valence-electron chi connectivity index (χ1n) is 15.3. The third-order valence-electron chi connectivity index (χ3n) is 7.56. The number of anilines is 1. The first-order chi connectivity index (χ1) is 21.3. The zero-order valence-electron chi connectivity index (χ0n) is 25.8. The lowest BCUT2D eigenvalue weighted by atomic mass is 10.0. The van der Waals surface area contributed by atoms with Crippen molar-refractivity contribution in [2.24, 2.45) is 0 Å². The van der Waals surface area contributed by atoms with Gasteiger partial charge in [-0.3, -0.25) is 9.89 Å². The van der Waals surface area contributed by atoms with Crippen molar-refractivity contribution in [1.29, 1.82) is 0 Å². The fourth-order valence-electron chi connectivity index (χ4n) is 5.42. The molecule has 5 rings (SSSR count). The van der Waals surface area contributed by atoms with Crippen LogP contribution in [0.15, 0.2) is 30.6 Å². The number of alkyl carbamates (subject to hydrolysis) is 1. The van der Waals surface area contributed by atoms with Crippen molar-refractivity contribution < 1.29 is 33.3 Å². The van der Waals surface area contributed by atoms with Crippen molar-refractivity contribution in [1.82, 2.24) is 25.3 Å². The maximum atomic E-state index is 13.0. The first-order valence-corrected chi connectivity index (χ1v) is 15.3. The summed E-state index contributed by atoms with van der Waals surface area (Å²) in [6, 6.07) is 5.55. The summed E-state index contributed by atoms with van der Waals surface area (Å²) in [6.07, 6.45) is 6.67. The Morgan fingerprint density at radius 2 is 2.00 bits per heavy atom. The summed E-state index contributed by atoms with van der Waals surface area (Å²) in [5, 5.41) is 17.5. The summed E-state index contributed by atoms with van der Waals surface area (Å²) in [6.45, 7) is 7.40. The number of ether oxygens (including phenoxy) is 5. The predicted octanol–water partition coefficient (Wildman–Crippen LogP) is 4.78. The molecule has 2 aromatic heterocycles. The molecular weight excluding hydrogens is 568 g/mol. The molecule has 3 aromatic rings. The molecule has 0 radical (unpaired) electrons. The minimum atomic E-state index is -0.601. The summed E-state index contributed by atoms with van der Waals surface area (Å²) in [5.41, 5.74) is 3.03. The molecule has 44 heavy (non-hydrogen) atoms. The number of nitrogens with one attached hydrogen (secondary N) is 3. The molecule has 1 saturated carbocycles. The van der Waals surface area contributed by atoms with E-state index in [-0.39, 0.29) is 30.4 Å². The Bertz CT molecular complexity index is 1410. The SMILES string of the molecule is CCCCOc1cc(OC)cc(-n2cc(CC(=O)Nc3cc(C4CC[C@@H](OC(=O)NC(C)C)C4)[nH]n3)cn2)c1C1OCCO1. The van der Waals surface area contributed by atoms with Gasteiger partial charge in [0.25, 0.3) is 0 Å². The minimum absolute atomic E-state index is 0.0241. The second kappa shape index (κ2) is 14.6. The Morgan fingerprint density at radius 1 is 1.18 bits per heavy atom. The number of nitrogens with zero attached hydrogens (tertiary/aromatic N) is 3. The molecule has 2 fully saturated rings. The molecule has 0 spiro atoms. The first kappa shape index (κ1) is 31.3. The fourth-order valence-corrected chi connectivity index (χ4v) is 5.42. The van der Waals surface area contributed by atoms with Crippen molar-refractivity contribution in [3.8, 4) is 17.2 Å². The molecule has 1 saturated heterocycles. The topological polar surface area (TPSA) is 151 Å². The third kappa shape index (κ3) is 7.88. The van der Waals surface area contributed by atoms with Crippen LogP contribution in [0.2, 0.25) is 0 Å². The van der Waals surface area contributed by atoms with E-state index in [1.807, 2.05) is 32.0 Å². The van der Waals surface area contributed by atoms with E-state index in [4.69, 9.17) is 23.7 Å². The quantitative estimate of drug-likeness (QED) is 0.232. The van der Waals surface area contributed by atoms with E-state index in [1.165, 1.54) is 0 Å². The van der Waals surface area contributed by atoms with Crippen LogP contribution < -0.4 is 20.1 Å². The smallest absolute Gasteiger partial charge is 0.407 e. The molecule has 2 aliphatic rings. The van der Waals surface area contributed by atoms with Crippen molar-refractivity contribution in [3.05, 3.63) is 47.4 Å². The van der Waals surface area contributed by atoms with Crippen LogP contribution in [-0.2, 0) is 25.4 Å². The van der Waals surface area contributed by atoms with E-state index in [9.17, 15) is 9.59 Å². The molecule has 1 aromatic carbocycles. The summed E-state index contributed by atoms with van der Waals surface area (Å²) in [7, 11) is 1.60. The zero-order chi connectivity index (χ0) is 31.1. The van der Waals surface area contributed by atoms with Gasteiger partial charge in [0.05, 0.1) is 50.8 Å². The number of hydrogen-bond donors (Lipinski definition) is 3. The van der Waals surface area contributed by atoms with Gasteiger partial charge in [0.2, 0.25) is 5.91 Å². The van der Waals surface area contributed by atoms with E-state index in [2.05, 4.69) is 32.9 Å². The highest BCUT2D eigenvalue weighted by Gasteiger charge is 2.31. The predicted molar refractivity (Wildman–Crippen MR) is 161 cm³/mol. The average Bonchev–Trinajstić information content (AvgIpc) is 3.80. The van der Waals surface area contributed by atoms with Gasteiger partial charge in [-0.1, -0.05) is 13.3 Å². The molecule has 2 atom stereocenters. The number of carbonyl (C=O) groups is 2. The van der Waals surface area contributed by atoms with Crippen molar-refractivity contribution in [2.75, 3.05) is 32.2 Å². The van der Waals surface area contributed by atoms with Gasteiger partial charge in [0, 0.05) is 42.0 Å². The zero-order valence-corrected chi connectivity index (χ0v) is 25.8. The lowest BCUT2D eigenvalue weighted by molar-refractivity contribution is -0.115. The van der Waals surface area contributed by atoms with Crippen LogP contribution in [0.4, 0.5) is 10.6 Å². The van der Waals surface area contributed by atoms with Crippen LogP contribution in [-0.4, -0.2) is 71.1 Å². The number of amides is 2. The van der Waals surface area contributed by atoms with E-state index in [0.717, 1.165) is 36.9 Å². The van der Waals surface area contributed by atoms with Gasteiger partial charge in [-0.05, 0) is 45.1 Å². The van der Waals surface area contributed by atoms with Gasteiger partial charge in [0.1, 0.15) is 17.6 Å². The maximum Gasteiger partial charge on any atom is 0.407 e. The lowest BCUT2D eigenvalue weighted by Gasteiger charge is -2.20. The van der Waals surface area contributed by atoms with Gasteiger partial charge in [-0.25, -0.2) is 9.48 Å². The molecule has 238 valence electrons. The number of carbonyl (C=O) groups excluding carboxylic acids is 2. The Morgan fingerprint density at radius 3 is 2.75 bits per heavy atom. The van der Waals surface area contributed by atoms with E-state index in [0.29, 0.717) is 54.8 Å². The molecule has 2 amide bonds. The van der Waals surface area contributed by atoms with Crippen LogP contribution in [0.3, 0.4) is 0 Å². The number of hydrogen-bond acceptors (Lipinski definition) is 9. The largest absolute Gasteiger partial charge is 0.497 e. The van der Waals surface area contributed by atoms with Gasteiger partial charge in [0.15, 0.2) is 12.1 Å². The van der Waals surface area contributed by atoms with Gasteiger partial charge < -0.3 is 34.3 Å². The van der Waals surface area contributed by atoms with Crippen molar-refractivity contribution in [3.63, 3.8) is 0 Å². The summed E-state index contributed by atoms with van der Waals surface area (Å²) < 4.78 is 30.6. The second-order valence-electron chi connectivity index (χ2n) is 11.4. The maximum absolute atomic E-state index is 13.0. The number of methoxy groups -OCH3 is 1. The summed E-state index contributed by atoms with van der Waals surface area (Å²) >= 11 is 0. The van der Waals surface area contributed by atoms with Crippen LogP contribution in [0, 0.1) is 0 Å². The minimum Gasteiger partial charge on any atom is -0.497 e. The molecule has 13 nitrogen and oxygen atoms in total. The molecule has 1 aliphatic heterocycles. The highest BCUT2D eigenvalue weighted by molar-refractivity contribution is 5.91. The number of unbranched alkanes of at least 4 members (excludes halogenated alkanes) is 1. The standard InChI is InChI=1S/C31H42N6O7/c1-5-6-9-41-26-15-23(40-4)14-25(29(26)30-42-10-11-43-30)37-18-20(17-32-37)12-28(38)34-27-16-24(35-36-27)21-7-8-22(13-21)44-31(39)33-19(2)3/h14-19,21-22,30H,5-13H2,1-4H3,(H,33,39)(H2,34,35,36,38)/t21?,22-/m1/s1. The van der Waals surface area contributed by atoms with E-state index >= 15 is 0 Å². The summed E-state index contributed by atoms with van der Waals surface area (Å²) in [4.78, 5) is 24.9. The second-order valence-corrected chi connectivity index (χ2v) is 11.4. The van der Waals surface area contributed by atoms with Crippen LogP contribution in [0.5, 0.6) is 11.5 Å². The molecule has 3 N–H and O–H groups in total. The molecule has 13 heteroatoms. The average molecular weight is 611 g/mol. The fraction of sp³-hybridized carbons (Fsp3) is 0.548. The normalized spacial score (nSPS) is 18.5. The Labute approximate surface area is 256 Å². The highest BCUT2D eigenvalue weighted by Crippen LogP contribution is 2.40. The number of H-pyrrole nitrogens is 1. The highest BCUT2D eigenvalue weighted by atomic mass is 16.7. The Balaban J connectivity index is 1.23. The summed E-state index contributed by atoms with van der Waals surface area (Å²) in [5.74, 6) is 1.61.